The summed E-state index contributed by atoms with van der Waals surface area (Å²) in [4.78, 5) is 51.3. The average molecular weight is 566 g/mol. The summed E-state index contributed by atoms with van der Waals surface area (Å²) in [6.45, 7) is 0. The predicted octanol–water partition coefficient (Wildman–Crippen LogP) is 7.34. The largest absolute Gasteiger partial charge is 0.322 e. The first-order chi connectivity index (χ1) is 20.9. The van der Waals surface area contributed by atoms with Crippen LogP contribution in [0.2, 0.25) is 0 Å². The number of carbonyl (C=O) groups is 4. The zero-order valence-electron chi connectivity index (χ0n) is 23.0. The molecule has 5 aromatic rings. The lowest BCUT2D eigenvalue weighted by Gasteiger charge is -2.13. The van der Waals surface area contributed by atoms with Crippen molar-refractivity contribution in [1.29, 1.82) is 0 Å². The average Bonchev–Trinajstić information content (AvgIpc) is 3.05. The van der Waals surface area contributed by atoms with Gasteiger partial charge in [0, 0.05) is 39.3 Å². The second kappa shape index (κ2) is 13.5. The van der Waals surface area contributed by atoms with E-state index in [4.69, 9.17) is 0 Å². The molecule has 3 amide bonds. The van der Waals surface area contributed by atoms with Gasteiger partial charge in [-0.1, -0.05) is 84.9 Å². The third-order valence-corrected chi connectivity index (χ3v) is 6.44. The van der Waals surface area contributed by atoms with Crippen molar-refractivity contribution >= 4 is 46.6 Å². The van der Waals surface area contributed by atoms with E-state index in [1.807, 2.05) is 30.3 Å². The number of hydrogen-bond donors (Lipinski definition) is 3. The van der Waals surface area contributed by atoms with E-state index in [1.54, 1.807) is 109 Å². The highest BCUT2D eigenvalue weighted by atomic mass is 16.2. The van der Waals surface area contributed by atoms with Gasteiger partial charge in [0.1, 0.15) is 0 Å². The molecule has 0 aliphatic rings. The molecule has 7 heteroatoms. The number of allylic oxidation sites excluding steroid dienone is 1. The Labute approximate surface area is 248 Å². The molecule has 0 aliphatic carbocycles. The maximum atomic E-state index is 13.3. The number of amides is 3. The molecule has 0 saturated carbocycles. The van der Waals surface area contributed by atoms with Crippen molar-refractivity contribution in [2.45, 2.75) is 0 Å². The first-order valence-electron chi connectivity index (χ1n) is 13.5. The summed E-state index contributed by atoms with van der Waals surface area (Å²) >= 11 is 0. The number of anilines is 3. The minimum atomic E-state index is -0.437. The van der Waals surface area contributed by atoms with Gasteiger partial charge in [-0.3, -0.25) is 19.2 Å². The molecule has 0 spiro atoms. The van der Waals surface area contributed by atoms with Gasteiger partial charge in [0.25, 0.3) is 17.7 Å². The third kappa shape index (κ3) is 7.77. The first-order valence-corrected chi connectivity index (χ1v) is 13.5. The summed E-state index contributed by atoms with van der Waals surface area (Å²) in [6, 6.07) is 38.1. The number of rotatable bonds is 9. The highest BCUT2D eigenvalue weighted by Gasteiger charge is 2.14. The van der Waals surface area contributed by atoms with E-state index in [0.29, 0.717) is 33.8 Å². The SMILES string of the molecule is O=C(/C=C\c1ccc(NC(=O)c2cc(NC(=O)c3ccccc3)cc(NC(=O)c3ccccc3)c2)cc1)c1ccccc1. The molecule has 0 atom stereocenters. The van der Waals surface area contributed by atoms with Crippen LogP contribution in [0.15, 0.2) is 140 Å². The Kier molecular flexibility index (Phi) is 8.94. The number of nitrogens with one attached hydrogen (secondary N) is 3. The molecule has 0 unspecified atom stereocenters. The van der Waals surface area contributed by atoms with Crippen molar-refractivity contribution in [2.75, 3.05) is 16.0 Å². The lowest BCUT2D eigenvalue weighted by atomic mass is 10.1. The standard InChI is InChI=1S/C36H27N3O4/c40-33(26-10-4-1-5-11-26)21-18-25-16-19-30(20-17-25)37-36(43)29-22-31(38-34(41)27-12-6-2-7-13-27)24-32(23-29)39-35(42)28-14-8-3-9-15-28/h1-24H,(H,37,43)(H,38,41)(H,39,42)/b21-18-. The number of ketones is 1. The van der Waals surface area contributed by atoms with Crippen LogP contribution < -0.4 is 16.0 Å². The topological polar surface area (TPSA) is 104 Å². The van der Waals surface area contributed by atoms with Crippen LogP contribution in [-0.4, -0.2) is 23.5 Å². The summed E-state index contributed by atoms with van der Waals surface area (Å²) in [5.41, 5.74) is 3.74. The highest BCUT2D eigenvalue weighted by Crippen LogP contribution is 2.22. The minimum Gasteiger partial charge on any atom is -0.322 e. The molecule has 0 bridgehead atoms. The van der Waals surface area contributed by atoms with E-state index in [-0.39, 0.29) is 23.2 Å². The summed E-state index contributed by atoms with van der Waals surface area (Å²) < 4.78 is 0. The zero-order valence-corrected chi connectivity index (χ0v) is 23.0. The Balaban J connectivity index is 1.33. The number of benzene rings is 5. The van der Waals surface area contributed by atoms with Crippen molar-refractivity contribution in [3.8, 4) is 0 Å². The minimum absolute atomic E-state index is 0.104. The van der Waals surface area contributed by atoms with Crippen molar-refractivity contribution in [2.24, 2.45) is 0 Å². The number of hydrogen-bond acceptors (Lipinski definition) is 4. The Bertz CT molecular complexity index is 1710. The molecule has 43 heavy (non-hydrogen) atoms. The molecule has 3 N–H and O–H groups in total. The summed E-state index contributed by atoms with van der Waals surface area (Å²) in [7, 11) is 0. The maximum absolute atomic E-state index is 13.3. The fourth-order valence-electron chi connectivity index (χ4n) is 4.24. The van der Waals surface area contributed by atoms with Crippen LogP contribution in [-0.2, 0) is 0 Å². The normalized spacial score (nSPS) is 10.6. The van der Waals surface area contributed by atoms with Gasteiger partial charge in [-0.2, -0.15) is 0 Å². The van der Waals surface area contributed by atoms with Crippen LogP contribution in [0, 0.1) is 0 Å². The Morgan fingerprint density at radius 3 is 1.33 bits per heavy atom. The van der Waals surface area contributed by atoms with Gasteiger partial charge in [-0.25, -0.2) is 0 Å². The second-order valence-corrected chi connectivity index (χ2v) is 9.58. The monoisotopic (exact) mass is 565 g/mol. The van der Waals surface area contributed by atoms with Crippen LogP contribution in [0.3, 0.4) is 0 Å². The van der Waals surface area contributed by atoms with Crippen LogP contribution in [0.25, 0.3) is 6.08 Å². The lowest BCUT2D eigenvalue weighted by molar-refractivity contribution is 0.101. The summed E-state index contributed by atoms with van der Waals surface area (Å²) in [6.07, 6.45) is 3.21. The van der Waals surface area contributed by atoms with E-state index < -0.39 is 5.91 Å². The molecule has 0 fully saturated rings. The lowest BCUT2D eigenvalue weighted by Crippen LogP contribution is -2.17. The van der Waals surface area contributed by atoms with Crippen LogP contribution in [0.4, 0.5) is 17.1 Å². The van der Waals surface area contributed by atoms with E-state index in [2.05, 4.69) is 16.0 Å². The third-order valence-electron chi connectivity index (χ3n) is 6.44. The van der Waals surface area contributed by atoms with Gasteiger partial charge in [-0.15, -0.1) is 0 Å². The van der Waals surface area contributed by atoms with Gasteiger partial charge in [0.15, 0.2) is 5.78 Å². The van der Waals surface area contributed by atoms with E-state index in [0.717, 1.165) is 5.56 Å². The van der Waals surface area contributed by atoms with E-state index in [1.165, 1.54) is 6.08 Å². The van der Waals surface area contributed by atoms with Crippen molar-refractivity contribution < 1.29 is 19.2 Å². The molecule has 0 saturated heterocycles. The Morgan fingerprint density at radius 2 is 0.837 bits per heavy atom. The molecule has 0 aromatic heterocycles. The zero-order chi connectivity index (χ0) is 30.0. The van der Waals surface area contributed by atoms with Crippen LogP contribution in [0.5, 0.6) is 0 Å². The second-order valence-electron chi connectivity index (χ2n) is 9.58. The molecule has 7 nitrogen and oxygen atoms in total. The molecule has 5 rings (SSSR count). The maximum Gasteiger partial charge on any atom is 0.255 e. The van der Waals surface area contributed by atoms with E-state index >= 15 is 0 Å². The molecular weight excluding hydrogens is 538 g/mol. The van der Waals surface area contributed by atoms with Crippen molar-refractivity contribution in [1.82, 2.24) is 0 Å². The Morgan fingerprint density at radius 1 is 0.419 bits per heavy atom. The van der Waals surface area contributed by atoms with Crippen molar-refractivity contribution in [3.63, 3.8) is 0 Å². The smallest absolute Gasteiger partial charge is 0.255 e. The summed E-state index contributed by atoms with van der Waals surface area (Å²) in [5.74, 6) is -1.25. The van der Waals surface area contributed by atoms with Gasteiger partial charge in [-0.05, 0) is 66.2 Å². The Hall–Kier alpha value is -6.08. The fourth-order valence-corrected chi connectivity index (χ4v) is 4.24. The van der Waals surface area contributed by atoms with Crippen LogP contribution in [0.1, 0.15) is 47.0 Å². The molecule has 210 valence electrons. The molecule has 0 radical (unpaired) electrons. The van der Waals surface area contributed by atoms with E-state index in [9.17, 15) is 19.2 Å². The first kappa shape index (κ1) is 28.4. The number of carbonyl (C=O) groups excluding carboxylic acids is 4. The van der Waals surface area contributed by atoms with Crippen molar-refractivity contribution in [3.05, 3.63) is 167 Å². The molecular formula is C36H27N3O4. The molecule has 5 aromatic carbocycles. The van der Waals surface area contributed by atoms with Crippen LogP contribution >= 0.6 is 0 Å². The van der Waals surface area contributed by atoms with Gasteiger partial charge in [0.2, 0.25) is 0 Å². The fraction of sp³-hybridized carbons (Fsp3) is 0. The quantitative estimate of drug-likeness (QED) is 0.128. The van der Waals surface area contributed by atoms with Gasteiger partial charge in [0.05, 0.1) is 0 Å². The molecule has 0 aliphatic heterocycles. The predicted molar refractivity (Wildman–Crippen MR) is 169 cm³/mol. The van der Waals surface area contributed by atoms with Gasteiger partial charge < -0.3 is 16.0 Å². The molecule has 0 heterocycles. The highest BCUT2D eigenvalue weighted by molar-refractivity contribution is 6.10. The van der Waals surface area contributed by atoms with Gasteiger partial charge >= 0.3 is 0 Å². The summed E-state index contributed by atoms with van der Waals surface area (Å²) in [5, 5.41) is 8.46.